The summed E-state index contributed by atoms with van der Waals surface area (Å²) in [7, 11) is 0. The summed E-state index contributed by atoms with van der Waals surface area (Å²) in [6.07, 6.45) is 8.59. The number of aromatic nitrogens is 1. The number of carbonyl (C=O) groups is 1. The standard InChI is InChI=1S/C23H26N2O/c1-14-6-7-24-21(8-14)17-2-4-18(5-3-17)23(26)25-22-19-10-15-9-16(12-19)13-20(22)11-15/h2-8,15-16,19-20,22H,9-13H2,1H3,(H,25,26)/t15-,16+,19-,20+,22?. The lowest BCUT2D eigenvalue weighted by molar-refractivity contribution is -0.0119. The van der Waals surface area contributed by atoms with Gasteiger partial charge in [-0.25, -0.2) is 0 Å². The van der Waals surface area contributed by atoms with Gasteiger partial charge in [0.2, 0.25) is 0 Å². The quantitative estimate of drug-likeness (QED) is 0.882. The van der Waals surface area contributed by atoms with E-state index in [1.165, 1.54) is 37.7 Å². The van der Waals surface area contributed by atoms with Crippen molar-refractivity contribution in [2.45, 2.75) is 45.1 Å². The van der Waals surface area contributed by atoms with E-state index in [1.54, 1.807) is 0 Å². The lowest BCUT2D eigenvalue weighted by Crippen LogP contribution is -2.55. The summed E-state index contributed by atoms with van der Waals surface area (Å²) in [5.41, 5.74) is 3.96. The Kier molecular flexibility index (Phi) is 3.84. The molecule has 4 aliphatic rings. The minimum Gasteiger partial charge on any atom is -0.349 e. The van der Waals surface area contributed by atoms with Crippen molar-refractivity contribution in [1.29, 1.82) is 0 Å². The van der Waals surface area contributed by atoms with Crippen LogP contribution in [0.2, 0.25) is 0 Å². The van der Waals surface area contributed by atoms with Gasteiger partial charge in [0.25, 0.3) is 5.91 Å². The average Bonchev–Trinajstić information content (AvgIpc) is 2.64. The van der Waals surface area contributed by atoms with Gasteiger partial charge in [-0.1, -0.05) is 12.1 Å². The monoisotopic (exact) mass is 346 g/mol. The van der Waals surface area contributed by atoms with E-state index in [4.69, 9.17) is 0 Å². The molecule has 26 heavy (non-hydrogen) atoms. The van der Waals surface area contributed by atoms with Crippen molar-refractivity contribution >= 4 is 5.91 Å². The fourth-order valence-electron chi connectivity index (χ4n) is 5.88. The first-order valence-electron chi connectivity index (χ1n) is 9.99. The lowest BCUT2D eigenvalue weighted by atomic mass is 9.54. The number of aryl methyl sites for hydroxylation is 1. The molecule has 3 nitrogen and oxygen atoms in total. The number of amides is 1. The highest BCUT2D eigenvalue weighted by Gasteiger charge is 2.48. The minimum absolute atomic E-state index is 0.0891. The van der Waals surface area contributed by atoms with Gasteiger partial charge in [0.05, 0.1) is 5.69 Å². The molecule has 0 spiro atoms. The van der Waals surface area contributed by atoms with Crippen molar-refractivity contribution in [3.8, 4) is 11.3 Å². The largest absolute Gasteiger partial charge is 0.349 e. The van der Waals surface area contributed by atoms with E-state index >= 15 is 0 Å². The van der Waals surface area contributed by atoms with Crippen molar-refractivity contribution in [2.24, 2.45) is 23.7 Å². The first kappa shape index (κ1) is 16.0. The zero-order valence-electron chi connectivity index (χ0n) is 15.3. The van der Waals surface area contributed by atoms with Crippen LogP contribution in [0.1, 0.15) is 48.0 Å². The Balaban J connectivity index is 1.30. The van der Waals surface area contributed by atoms with E-state index < -0.39 is 0 Å². The number of hydrogen-bond donors (Lipinski definition) is 1. The predicted molar refractivity (Wildman–Crippen MR) is 103 cm³/mol. The highest BCUT2D eigenvalue weighted by atomic mass is 16.1. The summed E-state index contributed by atoms with van der Waals surface area (Å²) in [6, 6.07) is 12.4. The van der Waals surface area contributed by atoms with Gasteiger partial charge < -0.3 is 5.32 Å². The summed E-state index contributed by atoms with van der Waals surface area (Å²) in [4.78, 5) is 17.2. The second-order valence-electron chi connectivity index (χ2n) is 8.73. The fourth-order valence-corrected chi connectivity index (χ4v) is 5.88. The van der Waals surface area contributed by atoms with E-state index in [1.807, 2.05) is 36.5 Å². The topological polar surface area (TPSA) is 42.0 Å². The van der Waals surface area contributed by atoms with Crippen LogP contribution in [-0.2, 0) is 0 Å². The Morgan fingerprint density at radius 2 is 1.62 bits per heavy atom. The Bertz CT molecular complexity index is 798. The van der Waals surface area contributed by atoms with Crippen LogP contribution in [0.5, 0.6) is 0 Å². The van der Waals surface area contributed by atoms with Gasteiger partial charge in [0.1, 0.15) is 0 Å². The summed E-state index contributed by atoms with van der Waals surface area (Å²) in [5.74, 6) is 3.39. The SMILES string of the molecule is Cc1ccnc(-c2ccc(C(=O)NC3[C@H]4C[C@@H]5C[C@@H](C[C@H]3C5)C4)cc2)c1. The third-order valence-electron chi connectivity index (χ3n) is 6.88. The van der Waals surface area contributed by atoms with Crippen molar-refractivity contribution in [3.63, 3.8) is 0 Å². The molecule has 1 aromatic carbocycles. The molecular formula is C23H26N2O. The van der Waals surface area contributed by atoms with Gasteiger partial charge in [0, 0.05) is 23.4 Å². The predicted octanol–water partition coefficient (Wildman–Crippen LogP) is 4.61. The molecule has 3 heteroatoms. The van der Waals surface area contributed by atoms with Gasteiger partial charge >= 0.3 is 0 Å². The Morgan fingerprint density at radius 3 is 2.23 bits per heavy atom. The van der Waals surface area contributed by atoms with Crippen LogP contribution in [-0.4, -0.2) is 16.9 Å². The Morgan fingerprint density at radius 1 is 0.962 bits per heavy atom. The maximum atomic E-state index is 12.8. The molecule has 2 aromatic rings. The molecule has 4 aliphatic carbocycles. The van der Waals surface area contributed by atoms with Crippen molar-refractivity contribution in [1.82, 2.24) is 10.3 Å². The van der Waals surface area contributed by atoms with E-state index in [-0.39, 0.29) is 5.91 Å². The highest BCUT2D eigenvalue weighted by molar-refractivity contribution is 5.94. The van der Waals surface area contributed by atoms with Crippen LogP contribution in [0.3, 0.4) is 0 Å². The summed E-state index contributed by atoms with van der Waals surface area (Å²) < 4.78 is 0. The lowest BCUT2D eigenvalue weighted by Gasteiger charge is -2.54. The highest BCUT2D eigenvalue weighted by Crippen LogP contribution is 2.53. The molecule has 1 amide bonds. The molecule has 4 saturated carbocycles. The number of hydrogen-bond acceptors (Lipinski definition) is 2. The van der Waals surface area contributed by atoms with Crippen LogP contribution in [0, 0.1) is 30.6 Å². The van der Waals surface area contributed by atoms with Crippen molar-refractivity contribution in [2.75, 3.05) is 0 Å². The molecule has 4 bridgehead atoms. The second-order valence-corrected chi connectivity index (χ2v) is 8.73. The second kappa shape index (κ2) is 6.22. The zero-order chi connectivity index (χ0) is 17.7. The molecule has 0 atom stereocenters. The maximum absolute atomic E-state index is 12.8. The molecule has 0 radical (unpaired) electrons. The van der Waals surface area contributed by atoms with Crippen LogP contribution >= 0.6 is 0 Å². The average molecular weight is 346 g/mol. The van der Waals surface area contributed by atoms with Crippen LogP contribution < -0.4 is 5.32 Å². The number of carbonyl (C=O) groups excluding carboxylic acids is 1. The van der Waals surface area contributed by atoms with Gasteiger partial charge in [-0.15, -0.1) is 0 Å². The summed E-state index contributed by atoms with van der Waals surface area (Å²) in [6.45, 7) is 2.07. The van der Waals surface area contributed by atoms with E-state index in [9.17, 15) is 4.79 Å². The molecule has 1 heterocycles. The van der Waals surface area contributed by atoms with Crippen molar-refractivity contribution < 1.29 is 4.79 Å². The normalized spacial score (nSPS) is 31.8. The van der Waals surface area contributed by atoms with Gasteiger partial charge in [-0.05, 0) is 92.5 Å². The van der Waals surface area contributed by atoms with Gasteiger partial charge in [0.15, 0.2) is 0 Å². The number of rotatable bonds is 3. The fraction of sp³-hybridized carbons (Fsp3) is 0.478. The Hall–Kier alpha value is -2.16. The van der Waals surface area contributed by atoms with Crippen LogP contribution in [0.15, 0.2) is 42.6 Å². The third-order valence-corrected chi connectivity index (χ3v) is 6.88. The number of nitrogens with zero attached hydrogens (tertiary/aromatic N) is 1. The molecule has 0 saturated heterocycles. The first-order valence-corrected chi connectivity index (χ1v) is 9.99. The first-order chi connectivity index (χ1) is 12.7. The molecule has 1 aromatic heterocycles. The number of benzene rings is 1. The number of pyridine rings is 1. The third kappa shape index (κ3) is 2.84. The minimum atomic E-state index is 0.0891. The molecule has 6 rings (SSSR count). The zero-order valence-corrected chi connectivity index (χ0v) is 15.3. The molecule has 4 fully saturated rings. The molecule has 0 aliphatic heterocycles. The molecule has 0 unspecified atom stereocenters. The van der Waals surface area contributed by atoms with E-state index in [0.717, 1.165) is 28.7 Å². The maximum Gasteiger partial charge on any atom is 0.251 e. The van der Waals surface area contributed by atoms with E-state index in [2.05, 4.69) is 23.3 Å². The number of nitrogens with one attached hydrogen (secondary N) is 1. The molecular weight excluding hydrogens is 320 g/mol. The van der Waals surface area contributed by atoms with E-state index in [0.29, 0.717) is 17.9 Å². The van der Waals surface area contributed by atoms with Gasteiger partial charge in [-0.2, -0.15) is 0 Å². The summed E-state index contributed by atoms with van der Waals surface area (Å²) >= 11 is 0. The smallest absolute Gasteiger partial charge is 0.251 e. The van der Waals surface area contributed by atoms with Crippen LogP contribution in [0.25, 0.3) is 11.3 Å². The van der Waals surface area contributed by atoms with Crippen molar-refractivity contribution in [3.05, 3.63) is 53.7 Å². The van der Waals surface area contributed by atoms with Crippen LogP contribution in [0.4, 0.5) is 0 Å². The molecule has 1 N–H and O–H groups in total. The summed E-state index contributed by atoms with van der Waals surface area (Å²) in [5, 5.41) is 3.39. The molecule has 134 valence electrons. The van der Waals surface area contributed by atoms with Gasteiger partial charge in [-0.3, -0.25) is 9.78 Å². The Labute approximate surface area is 155 Å².